The van der Waals surface area contributed by atoms with Crippen LogP contribution in [0.5, 0.6) is 0 Å². The van der Waals surface area contributed by atoms with E-state index in [0.29, 0.717) is 0 Å². The Bertz CT molecular complexity index is 421. The first kappa shape index (κ1) is 14.1. The lowest BCUT2D eigenvalue weighted by molar-refractivity contribution is 0.348. The summed E-state index contributed by atoms with van der Waals surface area (Å²) in [5, 5.41) is 0. The van der Waals surface area contributed by atoms with Crippen molar-refractivity contribution in [2.24, 2.45) is 5.73 Å². The number of nitrogens with two attached hydrogens (primary N) is 1. The summed E-state index contributed by atoms with van der Waals surface area (Å²) >= 11 is -0.296. The Labute approximate surface area is 118 Å². The Balaban J connectivity index is 2.10. The molecule has 100 valence electrons. The summed E-state index contributed by atoms with van der Waals surface area (Å²) in [6, 6.07) is 20.8. The van der Waals surface area contributed by atoms with E-state index >= 15 is 0 Å². The second-order valence-electron chi connectivity index (χ2n) is 4.21. The van der Waals surface area contributed by atoms with Crippen LogP contribution >= 0.6 is 0 Å². The Hall–Kier alpha value is -1.29. The Morgan fingerprint density at radius 2 is 1.32 bits per heavy atom. The van der Waals surface area contributed by atoms with E-state index in [1.54, 1.807) is 0 Å². The highest BCUT2D eigenvalue weighted by Crippen LogP contribution is 2.24. The molecule has 3 heteroatoms. The molecule has 19 heavy (non-hydrogen) atoms. The largest absolute Gasteiger partial charge is 0.330 e. The zero-order valence-corrected chi connectivity index (χ0v) is 11.8. The smallest absolute Gasteiger partial charge is 0.222 e. The molecule has 0 saturated carbocycles. The van der Waals surface area contributed by atoms with Gasteiger partial charge in [0.1, 0.15) is 6.61 Å². The van der Waals surface area contributed by atoms with Crippen LogP contribution in [0.15, 0.2) is 70.5 Å². The van der Waals surface area contributed by atoms with Crippen LogP contribution in [-0.4, -0.2) is 13.2 Å². The van der Waals surface area contributed by atoms with Gasteiger partial charge in [-0.15, -0.1) is 0 Å². The van der Waals surface area contributed by atoms with Crippen molar-refractivity contribution in [3.63, 3.8) is 0 Å². The SMILES string of the molecule is NCCCCO[S+](c1ccccc1)c1ccccc1. The van der Waals surface area contributed by atoms with E-state index in [-0.39, 0.29) is 11.2 Å². The summed E-state index contributed by atoms with van der Waals surface area (Å²) in [6.07, 6.45) is 2.03. The van der Waals surface area contributed by atoms with Crippen molar-refractivity contribution in [2.45, 2.75) is 22.6 Å². The monoisotopic (exact) mass is 274 g/mol. The summed E-state index contributed by atoms with van der Waals surface area (Å²) in [6.45, 7) is 1.48. The van der Waals surface area contributed by atoms with Gasteiger partial charge in [0.05, 0.1) is 0 Å². The van der Waals surface area contributed by atoms with Crippen molar-refractivity contribution >= 4 is 11.2 Å². The second-order valence-corrected chi connectivity index (χ2v) is 5.93. The number of unbranched alkanes of at least 4 members (excludes halogenated alkanes) is 1. The molecule has 0 heterocycles. The number of hydrogen-bond acceptors (Lipinski definition) is 2. The number of hydrogen-bond donors (Lipinski definition) is 1. The van der Waals surface area contributed by atoms with Gasteiger partial charge in [0, 0.05) is 0 Å². The van der Waals surface area contributed by atoms with E-state index < -0.39 is 0 Å². The van der Waals surface area contributed by atoms with Gasteiger partial charge >= 0.3 is 0 Å². The molecule has 0 aromatic heterocycles. The van der Waals surface area contributed by atoms with Gasteiger partial charge in [-0.2, -0.15) is 4.18 Å². The molecule has 0 aliphatic carbocycles. The molecule has 2 aromatic carbocycles. The van der Waals surface area contributed by atoms with Gasteiger partial charge < -0.3 is 5.73 Å². The van der Waals surface area contributed by atoms with Crippen molar-refractivity contribution < 1.29 is 4.18 Å². The molecule has 2 aromatic rings. The van der Waals surface area contributed by atoms with E-state index in [1.165, 1.54) is 9.79 Å². The lowest BCUT2D eigenvalue weighted by Gasteiger charge is -2.06. The molecular formula is C16H20NOS+. The third kappa shape index (κ3) is 4.39. The molecule has 0 aliphatic rings. The van der Waals surface area contributed by atoms with Crippen LogP contribution in [0, 0.1) is 0 Å². The fraction of sp³-hybridized carbons (Fsp3) is 0.250. The van der Waals surface area contributed by atoms with Crippen LogP contribution < -0.4 is 5.73 Å². The minimum absolute atomic E-state index is 0.296. The van der Waals surface area contributed by atoms with Crippen molar-refractivity contribution in [3.05, 3.63) is 60.7 Å². The second kappa shape index (κ2) is 8.00. The summed E-state index contributed by atoms with van der Waals surface area (Å²) in [5.74, 6) is 0. The Morgan fingerprint density at radius 3 is 1.79 bits per heavy atom. The van der Waals surface area contributed by atoms with Crippen molar-refractivity contribution in [3.8, 4) is 0 Å². The molecule has 0 radical (unpaired) electrons. The zero-order chi connectivity index (χ0) is 13.3. The highest BCUT2D eigenvalue weighted by molar-refractivity contribution is 7.92. The fourth-order valence-corrected chi connectivity index (χ4v) is 3.39. The van der Waals surface area contributed by atoms with Crippen LogP contribution in [0.25, 0.3) is 0 Å². The molecule has 0 aliphatic heterocycles. The summed E-state index contributed by atoms with van der Waals surface area (Å²) in [4.78, 5) is 2.45. The molecular weight excluding hydrogens is 254 g/mol. The third-order valence-corrected chi connectivity index (χ3v) is 4.52. The predicted molar refractivity (Wildman–Crippen MR) is 81.0 cm³/mol. The highest BCUT2D eigenvalue weighted by atomic mass is 32.2. The molecule has 2 N–H and O–H groups in total. The van der Waals surface area contributed by atoms with Crippen molar-refractivity contribution in [1.82, 2.24) is 0 Å². The number of benzene rings is 2. The summed E-state index contributed by atoms with van der Waals surface area (Å²) < 4.78 is 6.09. The molecule has 0 saturated heterocycles. The van der Waals surface area contributed by atoms with Gasteiger partial charge in [0.25, 0.3) is 0 Å². The van der Waals surface area contributed by atoms with Crippen LogP contribution in [-0.2, 0) is 15.4 Å². The van der Waals surface area contributed by atoms with E-state index in [1.807, 2.05) is 12.1 Å². The maximum absolute atomic E-state index is 6.09. The quantitative estimate of drug-likeness (QED) is 0.620. The molecule has 0 unspecified atom stereocenters. The first-order valence-electron chi connectivity index (χ1n) is 6.59. The first-order valence-corrected chi connectivity index (χ1v) is 7.74. The van der Waals surface area contributed by atoms with E-state index in [4.69, 9.17) is 9.92 Å². The van der Waals surface area contributed by atoms with E-state index in [2.05, 4.69) is 48.5 Å². The van der Waals surface area contributed by atoms with E-state index in [9.17, 15) is 0 Å². The molecule has 2 nitrogen and oxygen atoms in total. The standard InChI is InChI=1S/C16H20NOS/c17-13-7-8-14-18-19(15-9-3-1-4-10-15)16-11-5-2-6-12-16/h1-6,9-12H,7-8,13-14,17H2/q+1. The zero-order valence-electron chi connectivity index (χ0n) is 11.0. The molecule has 0 atom stereocenters. The van der Waals surface area contributed by atoms with Crippen LogP contribution in [0.2, 0.25) is 0 Å². The minimum Gasteiger partial charge on any atom is -0.330 e. The van der Waals surface area contributed by atoms with Gasteiger partial charge in [-0.3, -0.25) is 0 Å². The topological polar surface area (TPSA) is 35.2 Å². The predicted octanol–water partition coefficient (Wildman–Crippen LogP) is 3.39. The lowest BCUT2D eigenvalue weighted by Crippen LogP contribution is -2.10. The maximum Gasteiger partial charge on any atom is 0.222 e. The fourth-order valence-electron chi connectivity index (χ4n) is 1.75. The molecule has 0 bridgehead atoms. The van der Waals surface area contributed by atoms with Gasteiger partial charge in [0.15, 0.2) is 9.79 Å². The summed E-state index contributed by atoms with van der Waals surface area (Å²) in [5.41, 5.74) is 5.51. The first-order chi connectivity index (χ1) is 9.42. The molecule has 0 fully saturated rings. The van der Waals surface area contributed by atoms with E-state index in [0.717, 1.165) is 26.0 Å². The summed E-state index contributed by atoms with van der Waals surface area (Å²) in [7, 11) is 0. The van der Waals surface area contributed by atoms with Gasteiger partial charge in [0.2, 0.25) is 11.2 Å². The van der Waals surface area contributed by atoms with Gasteiger partial charge in [-0.1, -0.05) is 36.4 Å². The molecule has 0 spiro atoms. The van der Waals surface area contributed by atoms with Crippen molar-refractivity contribution in [2.75, 3.05) is 13.2 Å². The molecule has 2 rings (SSSR count). The Kier molecular flexibility index (Phi) is 5.95. The van der Waals surface area contributed by atoms with Crippen LogP contribution in [0.1, 0.15) is 12.8 Å². The number of rotatable bonds is 7. The molecule has 0 amide bonds. The highest BCUT2D eigenvalue weighted by Gasteiger charge is 2.27. The average Bonchev–Trinajstić information content (AvgIpc) is 2.49. The third-order valence-electron chi connectivity index (χ3n) is 2.71. The van der Waals surface area contributed by atoms with Gasteiger partial charge in [-0.05, 0) is 43.7 Å². The lowest BCUT2D eigenvalue weighted by atomic mass is 10.3. The van der Waals surface area contributed by atoms with Gasteiger partial charge in [-0.25, -0.2) is 0 Å². The Morgan fingerprint density at radius 1 is 0.789 bits per heavy atom. The van der Waals surface area contributed by atoms with Crippen molar-refractivity contribution in [1.29, 1.82) is 0 Å². The minimum atomic E-state index is -0.296. The maximum atomic E-state index is 6.09. The normalized spacial score (nSPS) is 10.8. The average molecular weight is 274 g/mol. The van der Waals surface area contributed by atoms with Crippen LogP contribution in [0.4, 0.5) is 0 Å². The van der Waals surface area contributed by atoms with Crippen LogP contribution in [0.3, 0.4) is 0 Å².